The molecule has 39 heavy (non-hydrogen) atoms. The van der Waals surface area contributed by atoms with E-state index in [4.69, 9.17) is 4.74 Å². The van der Waals surface area contributed by atoms with Gasteiger partial charge in [-0.05, 0) is 76.2 Å². The van der Waals surface area contributed by atoms with Crippen LogP contribution < -0.4 is 25.6 Å². The molecule has 1 aromatic carbocycles. The van der Waals surface area contributed by atoms with E-state index in [1.165, 1.54) is 5.69 Å². The smallest absolute Gasteiger partial charge is 0.269 e. The summed E-state index contributed by atoms with van der Waals surface area (Å²) in [5, 5.41) is 8.72. The van der Waals surface area contributed by atoms with Gasteiger partial charge < -0.3 is 30.5 Å². The number of fused-ring (bicyclic) bond motifs is 1. The van der Waals surface area contributed by atoms with Gasteiger partial charge in [-0.25, -0.2) is 14.4 Å². The first-order valence-corrected chi connectivity index (χ1v) is 13.4. The molecule has 0 spiro atoms. The molecular weight excluding hydrogens is 499 g/mol. The van der Waals surface area contributed by atoms with E-state index in [0.717, 1.165) is 50.9 Å². The number of piperidine rings is 1. The largest absolute Gasteiger partial charge is 0.474 e. The average molecular weight is 535 g/mol. The van der Waals surface area contributed by atoms with Gasteiger partial charge in [0.1, 0.15) is 5.82 Å². The van der Waals surface area contributed by atoms with Crippen LogP contribution in [-0.4, -0.2) is 63.6 Å². The summed E-state index contributed by atoms with van der Waals surface area (Å²) in [6.45, 7) is 12.1. The number of carbonyl (C=O) groups is 1. The number of amides is 1. The van der Waals surface area contributed by atoms with Crippen molar-refractivity contribution in [2.45, 2.75) is 52.2 Å². The van der Waals surface area contributed by atoms with E-state index in [-0.39, 0.29) is 23.5 Å². The van der Waals surface area contributed by atoms with Gasteiger partial charge in [0.25, 0.3) is 5.91 Å². The number of carbonyl (C=O) groups excluding carboxylic acids is 1. The maximum absolute atomic E-state index is 14.5. The molecule has 1 fully saturated rings. The highest BCUT2D eigenvalue weighted by molar-refractivity contribution is 5.99. The Morgan fingerprint density at radius 3 is 2.49 bits per heavy atom. The second-order valence-corrected chi connectivity index (χ2v) is 10.2. The number of hydrogen-bond donors (Lipinski definition) is 3. The fourth-order valence-electron chi connectivity index (χ4n) is 5.02. The third-order valence-electron chi connectivity index (χ3n) is 7.27. The molecule has 0 unspecified atom stereocenters. The Morgan fingerprint density at radius 2 is 1.79 bits per heavy atom. The fourth-order valence-corrected chi connectivity index (χ4v) is 5.02. The van der Waals surface area contributed by atoms with Crippen LogP contribution in [-0.2, 0) is 4.79 Å². The Balaban J connectivity index is 1.23. The van der Waals surface area contributed by atoms with Crippen molar-refractivity contribution in [3.63, 3.8) is 0 Å². The molecule has 0 aliphatic carbocycles. The second-order valence-electron chi connectivity index (χ2n) is 10.2. The number of benzene rings is 1. The zero-order chi connectivity index (χ0) is 27.6. The van der Waals surface area contributed by atoms with Crippen LogP contribution in [0.25, 0.3) is 0 Å². The molecular formula is C28H35FN8O2. The maximum Gasteiger partial charge on any atom is 0.269 e. The Bertz CT molecular complexity index is 1320. The summed E-state index contributed by atoms with van der Waals surface area (Å²) < 4.78 is 20.2. The normalized spacial score (nSPS) is 16.9. The molecule has 0 saturated carbocycles. The third kappa shape index (κ3) is 5.88. The summed E-state index contributed by atoms with van der Waals surface area (Å²) in [5.74, 6) is 0.246. The van der Waals surface area contributed by atoms with Crippen LogP contribution in [0.4, 0.5) is 39.2 Å². The number of anilines is 6. The first-order chi connectivity index (χ1) is 18.8. The van der Waals surface area contributed by atoms with Crippen molar-refractivity contribution in [1.29, 1.82) is 0 Å². The highest BCUT2D eigenvalue weighted by Gasteiger charge is 2.36. The highest BCUT2D eigenvalue weighted by Crippen LogP contribution is 2.33. The lowest BCUT2D eigenvalue weighted by Crippen LogP contribution is -2.46. The molecule has 0 bridgehead atoms. The number of aromatic nitrogens is 3. The van der Waals surface area contributed by atoms with Crippen molar-refractivity contribution in [3.05, 3.63) is 48.4 Å². The van der Waals surface area contributed by atoms with Crippen molar-refractivity contribution in [3.8, 4) is 5.75 Å². The van der Waals surface area contributed by atoms with E-state index in [2.05, 4.69) is 66.7 Å². The van der Waals surface area contributed by atoms with Gasteiger partial charge >= 0.3 is 0 Å². The number of hydrogen-bond acceptors (Lipinski definition) is 9. The van der Waals surface area contributed by atoms with Gasteiger partial charge in [-0.3, -0.25) is 4.79 Å². The van der Waals surface area contributed by atoms with Crippen molar-refractivity contribution in [2.75, 3.05) is 47.0 Å². The Kier molecular flexibility index (Phi) is 7.51. The van der Waals surface area contributed by atoms with E-state index < -0.39 is 11.4 Å². The minimum absolute atomic E-state index is 0.0453. The van der Waals surface area contributed by atoms with E-state index in [9.17, 15) is 9.18 Å². The van der Waals surface area contributed by atoms with Crippen molar-refractivity contribution >= 4 is 40.7 Å². The molecule has 3 N–H and O–H groups in total. The second kappa shape index (κ2) is 11.0. The van der Waals surface area contributed by atoms with Crippen LogP contribution >= 0.6 is 0 Å². The van der Waals surface area contributed by atoms with Crippen LogP contribution in [0.3, 0.4) is 0 Å². The lowest BCUT2D eigenvalue weighted by molar-refractivity contribution is -0.129. The molecule has 11 heteroatoms. The Morgan fingerprint density at radius 1 is 1.08 bits per heavy atom. The predicted molar refractivity (Wildman–Crippen MR) is 151 cm³/mol. The van der Waals surface area contributed by atoms with E-state index in [1.54, 1.807) is 26.0 Å². The van der Waals surface area contributed by atoms with Gasteiger partial charge in [0, 0.05) is 30.5 Å². The molecule has 2 aromatic heterocycles. The van der Waals surface area contributed by atoms with Gasteiger partial charge in [0.15, 0.2) is 28.8 Å². The molecule has 3 aromatic rings. The maximum atomic E-state index is 14.5. The number of pyridine rings is 1. The highest BCUT2D eigenvalue weighted by atomic mass is 19.1. The van der Waals surface area contributed by atoms with E-state index >= 15 is 0 Å². The zero-order valence-corrected chi connectivity index (χ0v) is 22.8. The summed E-state index contributed by atoms with van der Waals surface area (Å²) in [6.07, 6.45) is 3.42. The minimum atomic E-state index is -0.997. The van der Waals surface area contributed by atoms with Crippen molar-refractivity contribution in [2.24, 2.45) is 0 Å². The molecule has 206 valence electrons. The Hall–Kier alpha value is -3.99. The average Bonchev–Trinajstić information content (AvgIpc) is 2.93. The van der Waals surface area contributed by atoms with Gasteiger partial charge in [0.2, 0.25) is 5.95 Å². The summed E-state index contributed by atoms with van der Waals surface area (Å²) in [5.41, 5.74) is 0.978. The number of halogens is 1. The summed E-state index contributed by atoms with van der Waals surface area (Å²) >= 11 is 0. The SMILES string of the molecule is CCN(CC)C1CCN(c2ccc(Nc3ncc(F)c(Nc4ccc5c(n4)NC(=O)C(C)(C)O5)n3)cc2)CC1. The van der Waals surface area contributed by atoms with Crippen molar-refractivity contribution in [1.82, 2.24) is 19.9 Å². The fraction of sp³-hybridized carbons (Fsp3) is 0.429. The topological polar surface area (TPSA) is 108 Å². The Labute approximate surface area is 228 Å². The van der Waals surface area contributed by atoms with Crippen LogP contribution in [0.15, 0.2) is 42.6 Å². The molecule has 4 heterocycles. The van der Waals surface area contributed by atoms with Crippen LogP contribution in [0, 0.1) is 5.82 Å². The summed E-state index contributed by atoms with van der Waals surface area (Å²) in [6, 6.07) is 12.1. The van der Waals surface area contributed by atoms with Gasteiger partial charge in [0.05, 0.1) is 6.20 Å². The molecule has 10 nitrogen and oxygen atoms in total. The third-order valence-corrected chi connectivity index (χ3v) is 7.27. The van der Waals surface area contributed by atoms with E-state index in [0.29, 0.717) is 17.6 Å². The molecule has 0 radical (unpaired) electrons. The summed E-state index contributed by atoms with van der Waals surface area (Å²) in [7, 11) is 0. The van der Waals surface area contributed by atoms with Crippen LogP contribution in [0.5, 0.6) is 5.75 Å². The minimum Gasteiger partial charge on any atom is -0.474 e. The first kappa shape index (κ1) is 26.6. The zero-order valence-electron chi connectivity index (χ0n) is 22.8. The monoisotopic (exact) mass is 534 g/mol. The number of nitrogens with one attached hydrogen (secondary N) is 3. The first-order valence-electron chi connectivity index (χ1n) is 13.4. The van der Waals surface area contributed by atoms with Crippen molar-refractivity contribution < 1.29 is 13.9 Å². The van der Waals surface area contributed by atoms with E-state index in [1.807, 2.05) is 12.1 Å². The van der Waals surface area contributed by atoms with Gasteiger partial charge in [-0.15, -0.1) is 0 Å². The number of rotatable bonds is 8. The lowest BCUT2D eigenvalue weighted by atomic mass is 10.0. The number of ether oxygens (including phenoxy) is 1. The van der Waals surface area contributed by atoms with Crippen LogP contribution in [0.2, 0.25) is 0 Å². The molecule has 1 amide bonds. The molecule has 1 saturated heterocycles. The molecule has 5 rings (SSSR count). The van der Waals surface area contributed by atoms with Gasteiger partial charge in [-0.1, -0.05) is 13.8 Å². The molecule has 0 atom stereocenters. The quantitative estimate of drug-likeness (QED) is 0.371. The van der Waals surface area contributed by atoms with Gasteiger partial charge in [-0.2, -0.15) is 4.98 Å². The molecule has 2 aliphatic rings. The summed E-state index contributed by atoms with van der Waals surface area (Å²) in [4.78, 5) is 29.9. The standard InChI is InChI=1S/C28H35FN8O2/c1-5-36(6-2)20-13-15-37(16-14-20)19-9-7-18(8-10-19)31-27-30-17-21(29)24(35-27)32-23-12-11-22-25(33-23)34-26(38)28(3,4)39-22/h7-12,17,20H,5-6,13-16H2,1-4H3,(H3,30,31,32,33,34,35,38). The number of nitrogens with zero attached hydrogens (tertiary/aromatic N) is 5. The van der Waals surface area contributed by atoms with Crippen LogP contribution in [0.1, 0.15) is 40.5 Å². The predicted octanol–water partition coefficient (Wildman–Crippen LogP) is 4.92. The molecule has 2 aliphatic heterocycles. The lowest BCUT2D eigenvalue weighted by Gasteiger charge is -2.38.